The highest BCUT2D eigenvalue weighted by Crippen LogP contribution is 2.33. The van der Waals surface area contributed by atoms with Crippen molar-refractivity contribution in [3.05, 3.63) is 53.6 Å². The van der Waals surface area contributed by atoms with Gasteiger partial charge < -0.3 is 24.8 Å². The van der Waals surface area contributed by atoms with E-state index in [0.29, 0.717) is 29.2 Å². The summed E-state index contributed by atoms with van der Waals surface area (Å²) in [7, 11) is 4.62. The predicted molar refractivity (Wildman–Crippen MR) is 117 cm³/mol. The van der Waals surface area contributed by atoms with Crippen LogP contribution in [0.4, 0.5) is 4.79 Å². The first-order chi connectivity index (χ1) is 15.4. The second kappa shape index (κ2) is 9.59. The lowest BCUT2D eigenvalue weighted by Gasteiger charge is -2.26. The van der Waals surface area contributed by atoms with Crippen LogP contribution in [-0.2, 0) is 21.7 Å². The van der Waals surface area contributed by atoms with Gasteiger partial charge in [-0.2, -0.15) is 0 Å². The van der Waals surface area contributed by atoms with Gasteiger partial charge in [-0.15, -0.1) is 0 Å². The minimum absolute atomic E-state index is 0.209. The van der Waals surface area contributed by atoms with Crippen molar-refractivity contribution < 1.29 is 28.6 Å². The van der Waals surface area contributed by atoms with Gasteiger partial charge in [0.1, 0.15) is 17.8 Å². The molecule has 1 saturated heterocycles. The number of methoxy groups -OCH3 is 3. The molecule has 2 aromatic rings. The third-order valence-corrected chi connectivity index (χ3v) is 5.53. The molecule has 1 unspecified atom stereocenters. The standard InChI is InChI=1S/C23H27N3O6/c1-5-23(16-7-9-17(30-2)10-8-16)21(28)26(22(29)25-23)14-20(27)24-13-15-6-11-18(31-3)19(12-15)32-4/h6-12H,5,13-14H2,1-4H3,(H,24,27)(H,25,29). The van der Waals surface area contributed by atoms with Gasteiger partial charge >= 0.3 is 6.03 Å². The van der Waals surface area contributed by atoms with Gasteiger partial charge in [-0.3, -0.25) is 14.5 Å². The smallest absolute Gasteiger partial charge is 0.325 e. The Morgan fingerprint density at radius 3 is 2.28 bits per heavy atom. The van der Waals surface area contributed by atoms with Gasteiger partial charge in [-0.1, -0.05) is 25.1 Å². The molecular formula is C23H27N3O6. The number of benzene rings is 2. The number of rotatable bonds is 9. The number of nitrogens with zero attached hydrogens (tertiary/aromatic N) is 1. The first-order valence-corrected chi connectivity index (χ1v) is 10.1. The SMILES string of the molecule is CCC1(c2ccc(OC)cc2)NC(=O)N(CC(=O)NCc2ccc(OC)c(OC)c2)C1=O. The number of nitrogens with one attached hydrogen (secondary N) is 2. The van der Waals surface area contributed by atoms with E-state index in [4.69, 9.17) is 14.2 Å². The van der Waals surface area contributed by atoms with Gasteiger partial charge in [0.25, 0.3) is 5.91 Å². The molecule has 9 heteroatoms. The van der Waals surface area contributed by atoms with Crippen LogP contribution in [0.1, 0.15) is 24.5 Å². The summed E-state index contributed by atoms with van der Waals surface area (Å²) in [5.41, 5.74) is 0.203. The average molecular weight is 441 g/mol. The van der Waals surface area contributed by atoms with Gasteiger partial charge in [0.05, 0.1) is 21.3 Å². The van der Waals surface area contributed by atoms with Crippen LogP contribution < -0.4 is 24.8 Å². The molecule has 0 saturated carbocycles. The third-order valence-electron chi connectivity index (χ3n) is 5.53. The van der Waals surface area contributed by atoms with Gasteiger partial charge in [-0.05, 0) is 41.8 Å². The zero-order chi connectivity index (χ0) is 23.3. The molecule has 2 N–H and O–H groups in total. The fourth-order valence-corrected chi connectivity index (χ4v) is 3.68. The minimum Gasteiger partial charge on any atom is -0.497 e. The summed E-state index contributed by atoms with van der Waals surface area (Å²) < 4.78 is 15.6. The monoisotopic (exact) mass is 441 g/mol. The van der Waals surface area contributed by atoms with Gasteiger partial charge in [0, 0.05) is 6.54 Å². The molecule has 0 aliphatic carbocycles. The molecule has 3 rings (SSSR count). The molecule has 2 aromatic carbocycles. The molecule has 1 aliphatic rings. The molecule has 9 nitrogen and oxygen atoms in total. The summed E-state index contributed by atoms with van der Waals surface area (Å²) in [6.07, 6.45) is 0.341. The number of carbonyl (C=O) groups excluding carboxylic acids is 3. The molecule has 1 heterocycles. The van der Waals surface area contributed by atoms with Crippen LogP contribution >= 0.6 is 0 Å². The molecule has 0 aromatic heterocycles. The molecule has 1 aliphatic heterocycles. The molecule has 0 radical (unpaired) electrons. The Morgan fingerprint density at radius 2 is 1.69 bits per heavy atom. The predicted octanol–water partition coefficient (Wildman–Crippen LogP) is 2.19. The largest absolute Gasteiger partial charge is 0.497 e. The lowest BCUT2D eigenvalue weighted by atomic mass is 9.87. The summed E-state index contributed by atoms with van der Waals surface area (Å²) in [6, 6.07) is 11.6. The number of amides is 4. The van der Waals surface area contributed by atoms with Crippen LogP contribution in [0.3, 0.4) is 0 Å². The number of hydrogen-bond donors (Lipinski definition) is 2. The lowest BCUT2D eigenvalue weighted by Crippen LogP contribution is -2.44. The van der Waals surface area contributed by atoms with E-state index in [1.807, 2.05) is 6.92 Å². The second-order valence-electron chi connectivity index (χ2n) is 7.27. The van der Waals surface area contributed by atoms with E-state index in [2.05, 4.69) is 10.6 Å². The molecule has 1 atom stereocenters. The van der Waals surface area contributed by atoms with E-state index in [0.717, 1.165) is 10.5 Å². The van der Waals surface area contributed by atoms with Crippen LogP contribution in [0.25, 0.3) is 0 Å². The van der Waals surface area contributed by atoms with E-state index in [1.54, 1.807) is 56.7 Å². The first kappa shape index (κ1) is 22.9. The van der Waals surface area contributed by atoms with Crippen LogP contribution in [0.2, 0.25) is 0 Å². The number of imide groups is 1. The Morgan fingerprint density at radius 1 is 1.00 bits per heavy atom. The van der Waals surface area contributed by atoms with Crippen LogP contribution in [0.15, 0.2) is 42.5 Å². The number of urea groups is 1. The van der Waals surface area contributed by atoms with E-state index in [-0.39, 0.29) is 13.1 Å². The molecular weight excluding hydrogens is 414 g/mol. The zero-order valence-corrected chi connectivity index (χ0v) is 18.6. The zero-order valence-electron chi connectivity index (χ0n) is 18.6. The van der Waals surface area contributed by atoms with E-state index in [9.17, 15) is 14.4 Å². The first-order valence-electron chi connectivity index (χ1n) is 10.1. The van der Waals surface area contributed by atoms with Crippen molar-refractivity contribution in [3.8, 4) is 17.2 Å². The highest BCUT2D eigenvalue weighted by atomic mass is 16.5. The van der Waals surface area contributed by atoms with Crippen molar-refractivity contribution in [3.63, 3.8) is 0 Å². The van der Waals surface area contributed by atoms with Crippen molar-refractivity contribution >= 4 is 17.8 Å². The summed E-state index contributed by atoms with van der Waals surface area (Å²) in [6.45, 7) is 1.64. The normalized spacial score (nSPS) is 17.7. The van der Waals surface area contributed by atoms with Crippen LogP contribution in [0, 0.1) is 0 Å². The molecule has 170 valence electrons. The second-order valence-corrected chi connectivity index (χ2v) is 7.27. The molecule has 4 amide bonds. The Balaban J connectivity index is 1.68. The third kappa shape index (κ3) is 4.32. The van der Waals surface area contributed by atoms with Crippen molar-refractivity contribution in [2.24, 2.45) is 0 Å². The maximum atomic E-state index is 13.2. The summed E-state index contributed by atoms with van der Waals surface area (Å²) >= 11 is 0. The Hall–Kier alpha value is -3.75. The van der Waals surface area contributed by atoms with Crippen molar-refractivity contribution in [2.75, 3.05) is 27.9 Å². The highest BCUT2D eigenvalue weighted by Gasteiger charge is 2.51. The maximum absolute atomic E-state index is 13.2. The van der Waals surface area contributed by atoms with Gasteiger partial charge in [0.15, 0.2) is 11.5 Å². The Kier molecular flexibility index (Phi) is 6.87. The van der Waals surface area contributed by atoms with Crippen molar-refractivity contribution in [2.45, 2.75) is 25.4 Å². The van der Waals surface area contributed by atoms with Gasteiger partial charge in [-0.25, -0.2) is 4.79 Å². The molecule has 32 heavy (non-hydrogen) atoms. The summed E-state index contributed by atoms with van der Waals surface area (Å²) in [5.74, 6) is 0.849. The van der Waals surface area contributed by atoms with Crippen LogP contribution in [0.5, 0.6) is 17.2 Å². The summed E-state index contributed by atoms with van der Waals surface area (Å²) in [5, 5.41) is 5.49. The number of ether oxygens (including phenoxy) is 3. The summed E-state index contributed by atoms with van der Waals surface area (Å²) in [4.78, 5) is 39.2. The van der Waals surface area contributed by atoms with Crippen molar-refractivity contribution in [1.29, 1.82) is 0 Å². The quantitative estimate of drug-likeness (QED) is 0.578. The fourth-order valence-electron chi connectivity index (χ4n) is 3.68. The Bertz CT molecular complexity index is 1010. The molecule has 0 bridgehead atoms. The average Bonchev–Trinajstić information content (AvgIpc) is 3.07. The number of carbonyl (C=O) groups is 3. The molecule has 0 spiro atoms. The van der Waals surface area contributed by atoms with Gasteiger partial charge in [0.2, 0.25) is 5.91 Å². The van der Waals surface area contributed by atoms with E-state index < -0.39 is 23.4 Å². The van der Waals surface area contributed by atoms with Crippen molar-refractivity contribution in [1.82, 2.24) is 15.5 Å². The maximum Gasteiger partial charge on any atom is 0.325 e. The highest BCUT2D eigenvalue weighted by molar-refractivity contribution is 6.09. The Labute approximate surface area is 186 Å². The number of hydrogen-bond acceptors (Lipinski definition) is 6. The minimum atomic E-state index is -1.22. The fraction of sp³-hybridized carbons (Fsp3) is 0.348. The lowest BCUT2D eigenvalue weighted by molar-refractivity contribution is -0.135. The molecule has 1 fully saturated rings. The topological polar surface area (TPSA) is 106 Å². The van der Waals surface area contributed by atoms with E-state index >= 15 is 0 Å². The van der Waals surface area contributed by atoms with E-state index in [1.165, 1.54) is 7.11 Å². The van der Waals surface area contributed by atoms with Crippen LogP contribution in [-0.4, -0.2) is 50.6 Å².